The summed E-state index contributed by atoms with van der Waals surface area (Å²) in [5.41, 5.74) is -0.273. The van der Waals surface area contributed by atoms with E-state index in [1.807, 2.05) is 0 Å². The highest BCUT2D eigenvalue weighted by Crippen LogP contribution is 2.47. The van der Waals surface area contributed by atoms with Gasteiger partial charge >= 0.3 is 5.97 Å². The van der Waals surface area contributed by atoms with Gasteiger partial charge < -0.3 is 20.1 Å². The molecule has 0 radical (unpaired) electrons. The summed E-state index contributed by atoms with van der Waals surface area (Å²) in [5.74, 6) is -2.14. The number of rotatable bonds is 7. The van der Waals surface area contributed by atoms with Crippen LogP contribution in [0.1, 0.15) is 23.2 Å². The first kappa shape index (κ1) is 24.8. The van der Waals surface area contributed by atoms with Crippen molar-refractivity contribution in [1.29, 1.82) is 0 Å². The fourth-order valence-electron chi connectivity index (χ4n) is 3.95. The molecule has 0 aliphatic heterocycles. The minimum Gasteiger partial charge on any atom is -0.465 e. The number of ether oxygens (including phenoxy) is 2. The van der Waals surface area contributed by atoms with Gasteiger partial charge in [-0.3, -0.25) is 14.6 Å². The van der Waals surface area contributed by atoms with Gasteiger partial charge in [-0.05, 0) is 73.5 Å². The maximum atomic E-state index is 14.3. The maximum absolute atomic E-state index is 14.3. The van der Waals surface area contributed by atoms with E-state index in [0.29, 0.717) is 46.6 Å². The zero-order valence-electron chi connectivity index (χ0n) is 20.1. The molecule has 0 atom stereocenters. The average Bonchev–Trinajstić information content (AvgIpc) is 3.73. The molecular weight excluding hydrogens is 496 g/mol. The molecule has 8 nitrogen and oxygen atoms in total. The van der Waals surface area contributed by atoms with Crippen LogP contribution in [0.5, 0.6) is 11.5 Å². The van der Waals surface area contributed by atoms with E-state index in [-0.39, 0.29) is 5.56 Å². The molecule has 2 amide bonds. The molecule has 1 aliphatic carbocycles. The van der Waals surface area contributed by atoms with Crippen LogP contribution in [0.3, 0.4) is 0 Å². The topological polar surface area (TPSA) is 107 Å². The van der Waals surface area contributed by atoms with Crippen molar-refractivity contribution in [3.8, 4) is 11.5 Å². The number of methoxy groups -OCH3 is 1. The van der Waals surface area contributed by atoms with Gasteiger partial charge in [0.05, 0.1) is 18.2 Å². The van der Waals surface area contributed by atoms with Gasteiger partial charge in [0.1, 0.15) is 28.5 Å². The Morgan fingerprint density at radius 1 is 0.868 bits per heavy atom. The van der Waals surface area contributed by atoms with Crippen molar-refractivity contribution in [2.45, 2.75) is 12.8 Å². The van der Waals surface area contributed by atoms with E-state index in [1.165, 1.54) is 36.5 Å². The molecule has 10 heteroatoms. The van der Waals surface area contributed by atoms with Crippen molar-refractivity contribution in [2.75, 3.05) is 17.7 Å². The Morgan fingerprint density at radius 3 is 2.05 bits per heavy atom. The zero-order chi connectivity index (χ0) is 26.9. The lowest BCUT2D eigenvalue weighted by atomic mass is 10.0. The summed E-state index contributed by atoms with van der Waals surface area (Å²) in [6.07, 6.45) is 2.25. The lowest BCUT2D eigenvalue weighted by Crippen LogP contribution is -2.35. The van der Waals surface area contributed by atoms with E-state index in [2.05, 4.69) is 20.4 Å². The number of carbonyl (C=O) groups excluding carboxylic acids is 3. The fraction of sp³-hybridized carbons (Fsp3) is 0.143. The molecule has 0 bridgehead atoms. The number of nitrogens with zero attached hydrogens (tertiary/aromatic N) is 1. The van der Waals surface area contributed by atoms with Crippen molar-refractivity contribution >= 4 is 40.1 Å². The molecule has 1 saturated carbocycles. The number of esters is 1. The second-order valence-electron chi connectivity index (χ2n) is 8.77. The highest BCUT2D eigenvalue weighted by atomic mass is 19.1. The fourth-order valence-corrected chi connectivity index (χ4v) is 3.95. The predicted molar refractivity (Wildman–Crippen MR) is 135 cm³/mol. The number of carbonyl (C=O) groups is 3. The number of hydrogen-bond acceptors (Lipinski definition) is 6. The van der Waals surface area contributed by atoms with E-state index >= 15 is 0 Å². The van der Waals surface area contributed by atoms with Crippen molar-refractivity contribution in [3.63, 3.8) is 0 Å². The highest BCUT2D eigenvalue weighted by molar-refractivity contribution is 6.16. The number of hydrogen-bond donors (Lipinski definition) is 2. The number of pyridine rings is 1. The van der Waals surface area contributed by atoms with Gasteiger partial charge in [0.2, 0.25) is 11.8 Å². The van der Waals surface area contributed by atoms with Gasteiger partial charge in [0, 0.05) is 29.0 Å². The third kappa shape index (κ3) is 4.88. The molecule has 2 N–H and O–H groups in total. The Bertz CT molecular complexity index is 1550. The van der Waals surface area contributed by atoms with Crippen LogP contribution in [-0.4, -0.2) is 29.9 Å². The van der Waals surface area contributed by atoms with Crippen LogP contribution in [0.4, 0.5) is 20.2 Å². The summed E-state index contributed by atoms with van der Waals surface area (Å²) in [6.45, 7) is 0. The standard InChI is InChI=1S/C28H21F2N3O5/c1-37-25(34)20-14-21-23(15-22(20)30)31-13-10-24(21)38-19-8-6-18(7-9-19)33-27(36)28(11-12-28)26(35)32-17-4-2-16(29)3-5-17/h2-10,13-15H,11-12H2,1H3,(H,32,35)(H,33,36). The molecule has 1 heterocycles. The van der Waals surface area contributed by atoms with Crippen LogP contribution in [0.15, 0.2) is 72.9 Å². The number of nitrogens with one attached hydrogen (secondary N) is 2. The summed E-state index contributed by atoms with van der Waals surface area (Å²) in [6, 6.07) is 15.8. The minimum absolute atomic E-state index is 0.242. The number of fused-ring (bicyclic) bond motifs is 1. The van der Waals surface area contributed by atoms with Gasteiger partial charge in [0.15, 0.2) is 0 Å². The van der Waals surface area contributed by atoms with Crippen molar-refractivity contribution < 1.29 is 32.6 Å². The monoisotopic (exact) mass is 517 g/mol. The Labute approximate surface area is 215 Å². The SMILES string of the molecule is COC(=O)c1cc2c(Oc3ccc(NC(=O)C4(C(=O)Nc5ccc(F)cc5)CC4)cc3)ccnc2cc1F. The normalized spacial score (nSPS) is 13.4. The van der Waals surface area contributed by atoms with Crippen LogP contribution >= 0.6 is 0 Å². The van der Waals surface area contributed by atoms with Gasteiger partial charge in [-0.2, -0.15) is 0 Å². The lowest BCUT2D eigenvalue weighted by Gasteiger charge is -2.16. The second-order valence-corrected chi connectivity index (χ2v) is 8.77. The number of amides is 2. The summed E-state index contributed by atoms with van der Waals surface area (Å²) in [4.78, 5) is 41.7. The van der Waals surface area contributed by atoms with Gasteiger partial charge in [0.25, 0.3) is 0 Å². The van der Waals surface area contributed by atoms with Crippen LogP contribution in [0, 0.1) is 17.0 Å². The largest absolute Gasteiger partial charge is 0.465 e. The van der Waals surface area contributed by atoms with Gasteiger partial charge in [-0.1, -0.05) is 0 Å². The molecule has 0 spiro atoms. The molecule has 4 aromatic rings. The van der Waals surface area contributed by atoms with E-state index in [0.717, 1.165) is 13.2 Å². The summed E-state index contributed by atoms with van der Waals surface area (Å²) in [7, 11) is 1.16. The van der Waals surface area contributed by atoms with Crippen molar-refractivity contribution in [3.05, 3.63) is 90.1 Å². The van der Waals surface area contributed by atoms with E-state index in [1.54, 1.807) is 30.3 Å². The lowest BCUT2D eigenvalue weighted by molar-refractivity contribution is -0.131. The first-order valence-corrected chi connectivity index (χ1v) is 11.6. The molecular formula is C28H21F2N3O5. The van der Waals surface area contributed by atoms with Crippen molar-refractivity contribution in [1.82, 2.24) is 4.98 Å². The van der Waals surface area contributed by atoms with E-state index in [4.69, 9.17) is 4.74 Å². The molecule has 5 rings (SSSR count). The molecule has 1 aromatic heterocycles. The Morgan fingerprint density at radius 2 is 1.47 bits per heavy atom. The van der Waals surface area contributed by atoms with E-state index < -0.39 is 34.8 Å². The van der Waals surface area contributed by atoms with Crippen LogP contribution in [-0.2, 0) is 14.3 Å². The molecule has 1 aliphatic rings. The van der Waals surface area contributed by atoms with Crippen molar-refractivity contribution in [2.24, 2.45) is 5.41 Å². The Kier molecular flexibility index (Phi) is 6.46. The first-order valence-electron chi connectivity index (χ1n) is 11.6. The zero-order valence-corrected chi connectivity index (χ0v) is 20.1. The summed E-state index contributed by atoms with van der Waals surface area (Å²) < 4.78 is 38.0. The quantitative estimate of drug-likeness (QED) is 0.249. The van der Waals surface area contributed by atoms with Crippen LogP contribution in [0.2, 0.25) is 0 Å². The van der Waals surface area contributed by atoms with Crippen LogP contribution < -0.4 is 15.4 Å². The van der Waals surface area contributed by atoms with Gasteiger partial charge in [-0.25, -0.2) is 13.6 Å². The van der Waals surface area contributed by atoms with Crippen LogP contribution in [0.25, 0.3) is 10.9 Å². The van der Waals surface area contributed by atoms with Gasteiger partial charge in [-0.15, -0.1) is 0 Å². The highest BCUT2D eigenvalue weighted by Gasteiger charge is 2.56. The predicted octanol–water partition coefficient (Wildman–Crippen LogP) is 5.45. The smallest absolute Gasteiger partial charge is 0.340 e. The van der Waals surface area contributed by atoms with E-state index in [9.17, 15) is 23.2 Å². The molecule has 38 heavy (non-hydrogen) atoms. The molecule has 1 fully saturated rings. The average molecular weight is 517 g/mol. The Hall–Kier alpha value is -4.86. The second kappa shape index (κ2) is 9.89. The number of benzene rings is 3. The number of aromatic nitrogens is 1. The number of halogens is 2. The third-order valence-electron chi connectivity index (χ3n) is 6.26. The first-order chi connectivity index (χ1) is 18.3. The number of anilines is 2. The molecule has 192 valence electrons. The minimum atomic E-state index is -1.19. The molecule has 3 aromatic carbocycles. The molecule has 0 saturated heterocycles. The summed E-state index contributed by atoms with van der Waals surface area (Å²) >= 11 is 0. The third-order valence-corrected chi connectivity index (χ3v) is 6.26. The maximum Gasteiger partial charge on any atom is 0.340 e. The molecule has 0 unspecified atom stereocenters. The summed E-state index contributed by atoms with van der Waals surface area (Å²) in [5, 5.41) is 5.83. The Balaban J connectivity index is 1.28.